The number of benzene rings is 2. The highest BCUT2D eigenvalue weighted by Crippen LogP contribution is 2.30. The number of para-hydroxylation sites is 2. The van der Waals surface area contributed by atoms with Gasteiger partial charge in [-0.15, -0.1) is 0 Å². The average molecular weight is 515 g/mol. The minimum atomic E-state index is -0.0705. The van der Waals surface area contributed by atoms with Gasteiger partial charge in [-0.25, -0.2) is 4.98 Å². The monoisotopic (exact) mass is 514 g/mol. The molecule has 0 unspecified atom stereocenters. The van der Waals surface area contributed by atoms with Gasteiger partial charge in [0.15, 0.2) is 5.78 Å². The van der Waals surface area contributed by atoms with E-state index in [1.165, 1.54) is 6.92 Å². The van der Waals surface area contributed by atoms with Crippen LogP contribution in [-0.4, -0.2) is 61.1 Å². The molecule has 38 heavy (non-hydrogen) atoms. The fourth-order valence-electron chi connectivity index (χ4n) is 4.98. The van der Waals surface area contributed by atoms with Gasteiger partial charge in [0.2, 0.25) is 11.9 Å². The molecule has 9 heteroatoms. The third-order valence-electron chi connectivity index (χ3n) is 7.17. The minimum Gasteiger partial charge on any atom is -0.378 e. The summed E-state index contributed by atoms with van der Waals surface area (Å²) in [6, 6.07) is 15.2. The molecule has 0 bridgehead atoms. The molecule has 3 heterocycles. The van der Waals surface area contributed by atoms with E-state index in [9.17, 15) is 9.59 Å². The van der Waals surface area contributed by atoms with Crippen LogP contribution in [0.5, 0.6) is 0 Å². The second-order valence-corrected chi connectivity index (χ2v) is 9.83. The number of anilines is 5. The van der Waals surface area contributed by atoms with Gasteiger partial charge in [-0.05, 0) is 63.1 Å². The van der Waals surface area contributed by atoms with Crippen LogP contribution in [0.4, 0.5) is 28.8 Å². The van der Waals surface area contributed by atoms with E-state index in [-0.39, 0.29) is 17.6 Å². The zero-order valence-electron chi connectivity index (χ0n) is 21.9. The number of ether oxygens (including phenoxy) is 1. The minimum absolute atomic E-state index is 0.00920. The Morgan fingerprint density at radius 3 is 2.37 bits per heavy atom. The van der Waals surface area contributed by atoms with Gasteiger partial charge in [0.05, 0.1) is 24.6 Å². The van der Waals surface area contributed by atoms with E-state index >= 15 is 0 Å². The van der Waals surface area contributed by atoms with Crippen molar-refractivity contribution in [2.75, 3.05) is 59.8 Å². The van der Waals surface area contributed by atoms with Crippen LogP contribution in [0.1, 0.15) is 35.7 Å². The second kappa shape index (κ2) is 11.6. The van der Waals surface area contributed by atoms with Crippen LogP contribution in [0, 0.1) is 12.8 Å². The standard InChI is InChI=1S/C29H34N6O3/c1-20-19-30-29(32-25-5-3-4-6-26(25)34-15-17-38-18-16-34)33-27(20)35-13-11-23(12-14-35)28(37)31-24-9-7-22(8-10-24)21(2)36/h3-10,19,23H,11-18H2,1-2H3,(H,31,37)(H,30,32,33). The largest absolute Gasteiger partial charge is 0.378 e. The molecule has 9 nitrogen and oxygen atoms in total. The number of hydrogen-bond acceptors (Lipinski definition) is 8. The van der Waals surface area contributed by atoms with Crippen molar-refractivity contribution in [1.29, 1.82) is 0 Å². The smallest absolute Gasteiger partial charge is 0.229 e. The molecule has 2 aliphatic rings. The normalized spacial score (nSPS) is 16.3. The van der Waals surface area contributed by atoms with Crippen LogP contribution in [0.3, 0.4) is 0 Å². The van der Waals surface area contributed by atoms with Crippen molar-refractivity contribution in [3.8, 4) is 0 Å². The van der Waals surface area contributed by atoms with Crippen molar-refractivity contribution in [3.63, 3.8) is 0 Å². The van der Waals surface area contributed by atoms with E-state index < -0.39 is 0 Å². The van der Waals surface area contributed by atoms with Crippen LogP contribution in [0.25, 0.3) is 0 Å². The molecule has 0 aliphatic carbocycles. The number of nitrogens with zero attached hydrogens (tertiary/aromatic N) is 4. The highest BCUT2D eigenvalue weighted by molar-refractivity contribution is 5.96. The predicted octanol–water partition coefficient (Wildman–Crippen LogP) is 4.42. The van der Waals surface area contributed by atoms with Gasteiger partial charge < -0.3 is 25.2 Å². The third-order valence-corrected chi connectivity index (χ3v) is 7.17. The molecule has 2 N–H and O–H groups in total. The number of aryl methyl sites for hydroxylation is 1. The highest BCUT2D eigenvalue weighted by Gasteiger charge is 2.27. The van der Waals surface area contributed by atoms with E-state index in [2.05, 4.69) is 31.5 Å². The molecule has 2 aromatic carbocycles. The SMILES string of the molecule is CC(=O)c1ccc(NC(=O)C2CCN(c3nc(Nc4ccccc4N4CCOCC4)ncc3C)CC2)cc1. The number of amides is 1. The summed E-state index contributed by atoms with van der Waals surface area (Å²) in [6.07, 6.45) is 3.33. The van der Waals surface area contributed by atoms with Crippen LogP contribution in [0.2, 0.25) is 0 Å². The number of aromatic nitrogens is 2. The molecule has 2 aliphatic heterocycles. The van der Waals surface area contributed by atoms with Gasteiger partial charge in [0.25, 0.3) is 0 Å². The maximum atomic E-state index is 12.9. The quantitative estimate of drug-likeness (QED) is 0.447. The molecule has 2 fully saturated rings. The van der Waals surface area contributed by atoms with Gasteiger partial charge in [-0.3, -0.25) is 9.59 Å². The molecule has 1 amide bonds. The fourth-order valence-corrected chi connectivity index (χ4v) is 4.98. The van der Waals surface area contributed by atoms with Gasteiger partial charge >= 0.3 is 0 Å². The van der Waals surface area contributed by atoms with E-state index in [1.807, 2.05) is 31.3 Å². The topological polar surface area (TPSA) is 99.7 Å². The summed E-state index contributed by atoms with van der Waals surface area (Å²) in [6.45, 7) is 8.18. The summed E-state index contributed by atoms with van der Waals surface area (Å²) >= 11 is 0. The Kier molecular flexibility index (Phi) is 7.83. The third kappa shape index (κ3) is 5.94. The van der Waals surface area contributed by atoms with Crippen molar-refractivity contribution in [2.45, 2.75) is 26.7 Å². The molecule has 0 atom stereocenters. The molecule has 0 saturated carbocycles. The Morgan fingerprint density at radius 2 is 1.66 bits per heavy atom. The summed E-state index contributed by atoms with van der Waals surface area (Å²) in [7, 11) is 0. The molecule has 0 radical (unpaired) electrons. The summed E-state index contributed by atoms with van der Waals surface area (Å²) in [5.74, 6) is 1.40. The van der Waals surface area contributed by atoms with Crippen molar-refractivity contribution >= 4 is 40.5 Å². The Hall–Kier alpha value is -3.98. The maximum absolute atomic E-state index is 12.9. The lowest BCUT2D eigenvalue weighted by molar-refractivity contribution is -0.120. The number of morpholine rings is 1. The van der Waals surface area contributed by atoms with E-state index in [4.69, 9.17) is 9.72 Å². The molecule has 0 spiro atoms. The Balaban J connectivity index is 1.22. The highest BCUT2D eigenvalue weighted by atomic mass is 16.5. The summed E-state index contributed by atoms with van der Waals surface area (Å²) in [5.41, 5.74) is 4.43. The molecule has 1 aromatic heterocycles. The first-order chi connectivity index (χ1) is 18.5. The van der Waals surface area contributed by atoms with Crippen molar-refractivity contribution < 1.29 is 14.3 Å². The van der Waals surface area contributed by atoms with Crippen LogP contribution in [0.15, 0.2) is 54.7 Å². The van der Waals surface area contributed by atoms with Gasteiger partial charge in [-0.1, -0.05) is 12.1 Å². The molecular weight excluding hydrogens is 480 g/mol. The van der Waals surface area contributed by atoms with Gasteiger partial charge in [0, 0.05) is 55.1 Å². The summed E-state index contributed by atoms with van der Waals surface area (Å²) in [4.78, 5) is 38.3. The number of nitrogens with one attached hydrogen (secondary N) is 2. The number of piperidine rings is 1. The summed E-state index contributed by atoms with van der Waals surface area (Å²) < 4.78 is 5.51. The van der Waals surface area contributed by atoms with Crippen molar-refractivity contribution in [1.82, 2.24) is 9.97 Å². The van der Waals surface area contributed by atoms with E-state index in [0.717, 1.165) is 75.0 Å². The Bertz CT molecular complexity index is 1280. The fraction of sp³-hybridized carbons (Fsp3) is 0.379. The zero-order valence-corrected chi connectivity index (χ0v) is 21.9. The lowest BCUT2D eigenvalue weighted by Crippen LogP contribution is -2.39. The maximum Gasteiger partial charge on any atom is 0.229 e. The number of hydrogen-bond donors (Lipinski definition) is 2. The number of rotatable bonds is 7. The van der Waals surface area contributed by atoms with E-state index in [1.54, 1.807) is 24.3 Å². The lowest BCUT2D eigenvalue weighted by Gasteiger charge is -2.33. The van der Waals surface area contributed by atoms with Crippen molar-refractivity contribution in [2.24, 2.45) is 5.92 Å². The zero-order chi connectivity index (χ0) is 26.5. The molecule has 2 saturated heterocycles. The molecular formula is C29H34N6O3. The van der Waals surface area contributed by atoms with Crippen LogP contribution in [-0.2, 0) is 9.53 Å². The van der Waals surface area contributed by atoms with Crippen LogP contribution >= 0.6 is 0 Å². The van der Waals surface area contributed by atoms with Crippen molar-refractivity contribution in [3.05, 3.63) is 65.9 Å². The first kappa shape index (κ1) is 25.7. The number of carbonyl (C=O) groups excluding carboxylic acids is 2. The first-order valence-electron chi connectivity index (χ1n) is 13.2. The Morgan fingerprint density at radius 1 is 0.947 bits per heavy atom. The number of ketones is 1. The van der Waals surface area contributed by atoms with Crippen LogP contribution < -0.4 is 20.4 Å². The average Bonchev–Trinajstić information content (AvgIpc) is 2.95. The Labute approximate surface area is 223 Å². The molecule has 3 aromatic rings. The van der Waals surface area contributed by atoms with E-state index in [0.29, 0.717) is 17.2 Å². The van der Waals surface area contributed by atoms with Gasteiger partial charge in [0.1, 0.15) is 5.82 Å². The number of Topliss-reactive ketones (excluding diaryl/α,β-unsaturated/α-hetero) is 1. The second-order valence-electron chi connectivity index (χ2n) is 9.83. The molecule has 198 valence electrons. The first-order valence-corrected chi connectivity index (χ1v) is 13.2. The lowest BCUT2D eigenvalue weighted by atomic mass is 9.95. The predicted molar refractivity (Wildman–Crippen MR) is 150 cm³/mol. The molecule has 5 rings (SSSR count). The van der Waals surface area contributed by atoms with Gasteiger partial charge in [-0.2, -0.15) is 4.98 Å². The number of carbonyl (C=O) groups is 2. The summed E-state index contributed by atoms with van der Waals surface area (Å²) in [5, 5.41) is 6.42.